The van der Waals surface area contributed by atoms with Gasteiger partial charge in [0.05, 0.1) is 26.8 Å². The van der Waals surface area contributed by atoms with Crippen LogP contribution in [0.2, 0.25) is 5.02 Å². The van der Waals surface area contributed by atoms with Crippen LogP contribution in [0.25, 0.3) is 11.0 Å². The average Bonchev–Trinajstić information content (AvgIpc) is 3.26. The molecule has 4 rings (SSSR count). The highest BCUT2D eigenvalue weighted by atomic mass is 35.5. The molecule has 0 aliphatic rings. The molecule has 0 aliphatic heterocycles. The van der Waals surface area contributed by atoms with Gasteiger partial charge in [-0.2, -0.15) is 22.9 Å². The number of hydrogen-bond acceptors (Lipinski definition) is 5. The Hall–Kier alpha value is -3.22. The third kappa shape index (κ3) is 4.45. The Morgan fingerprint density at radius 2 is 1.90 bits per heavy atom. The Morgan fingerprint density at radius 1 is 1.16 bits per heavy atom. The van der Waals surface area contributed by atoms with Gasteiger partial charge < -0.3 is 0 Å². The zero-order valence-corrected chi connectivity index (χ0v) is 17.2. The fourth-order valence-corrected chi connectivity index (χ4v) is 4.13. The summed E-state index contributed by atoms with van der Waals surface area (Å²) in [5, 5.41) is 12.7. The number of thiazole rings is 1. The lowest BCUT2D eigenvalue weighted by molar-refractivity contribution is -0.137. The minimum Gasteiger partial charge on any atom is -0.266 e. The maximum Gasteiger partial charge on any atom is 0.417 e. The van der Waals surface area contributed by atoms with Crippen LogP contribution >= 0.6 is 22.9 Å². The summed E-state index contributed by atoms with van der Waals surface area (Å²) < 4.78 is 40.5. The van der Waals surface area contributed by atoms with Crippen LogP contribution in [0.1, 0.15) is 28.1 Å². The second-order valence-corrected chi connectivity index (χ2v) is 8.10. The van der Waals surface area contributed by atoms with Gasteiger partial charge in [-0.3, -0.25) is 4.79 Å². The molecule has 10 heteroatoms. The number of hydrogen-bond donors (Lipinski definition) is 0. The molecule has 156 valence electrons. The number of rotatable bonds is 4. The van der Waals surface area contributed by atoms with E-state index in [1.165, 1.54) is 12.1 Å². The summed E-state index contributed by atoms with van der Waals surface area (Å²) in [5.41, 5.74) is 0.392. The van der Waals surface area contributed by atoms with Gasteiger partial charge in [0, 0.05) is 6.42 Å². The standard InChI is InChI=1S/C21H12ClF3N4OS/c22-16-7-5-14(9-15(16)21(23,24)25)10-17-19(30)29-20(31-17)27-18(28-29)8-6-12-1-3-13(11-26)4-2-12/h1-5,7,9-10H,6,8H2/b17-10-. The smallest absolute Gasteiger partial charge is 0.266 e. The molecule has 2 aromatic heterocycles. The number of aromatic nitrogens is 3. The highest BCUT2D eigenvalue weighted by Crippen LogP contribution is 2.35. The van der Waals surface area contributed by atoms with Crippen molar-refractivity contribution in [3.05, 3.63) is 90.5 Å². The van der Waals surface area contributed by atoms with E-state index >= 15 is 0 Å². The Labute approximate surface area is 182 Å². The van der Waals surface area contributed by atoms with E-state index in [9.17, 15) is 18.0 Å². The van der Waals surface area contributed by atoms with Crippen molar-refractivity contribution in [1.82, 2.24) is 14.6 Å². The monoisotopic (exact) mass is 460 g/mol. The van der Waals surface area contributed by atoms with E-state index in [0.717, 1.165) is 33.5 Å². The van der Waals surface area contributed by atoms with Gasteiger partial charge in [0.15, 0.2) is 5.82 Å². The number of fused-ring (bicyclic) bond motifs is 1. The molecule has 0 unspecified atom stereocenters. The highest BCUT2D eigenvalue weighted by Gasteiger charge is 2.33. The number of halogens is 4. The number of aryl methyl sites for hydroxylation is 2. The molecule has 0 amide bonds. The Kier molecular flexibility index (Phi) is 5.52. The van der Waals surface area contributed by atoms with Crippen molar-refractivity contribution < 1.29 is 13.2 Å². The second-order valence-electron chi connectivity index (χ2n) is 6.68. The lowest BCUT2D eigenvalue weighted by atomic mass is 10.1. The molecule has 2 aromatic carbocycles. The van der Waals surface area contributed by atoms with Gasteiger partial charge >= 0.3 is 6.18 Å². The zero-order chi connectivity index (χ0) is 22.2. The summed E-state index contributed by atoms with van der Waals surface area (Å²) in [5.74, 6) is 0.491. The predicted octanol–water partition coefficient (Wildman–Crippen LogP) is 4.03. The van der Waals surface area contributed by atoms with Gasteiger partial charge in [0.2, 0.25) is 4.96 Å². The van der Waals surface area contributed by atoms with E-state index < -0.39 is 22.3 Å². The minimum absolute atomic E-state index is 0.208. The molecule has 5 nitrogen and oxygen atoms in total. The molecule has 31 heavy (non-hydrogen) atoms. The van der Waals surface area contributed by atoms with E-state index in [4.69, 9.17) is 16.9 Å². The van der Waals surface area contributed by atoms with Crippen molar-refractivity contribution in [1.29, 1.82) is 5.26 Å². The zero-order valence-electron chi connectivity index (χ0n) is 15.7. The molecule has 4 aromatic rings. The molecular formula is C21H12ClF3N4OS. The average molecular weight is 461 g/mol. The summed E-state index contributed by atoms with van der Waals surface area (Å²) >= 11 is 6.69. The molecule has 0 atom stereocenters. The topological polar surface area (TPSA) is 71.0 Å². The third-order valence-electron chi connectivity index (χ3n) is 4.54. The Bertz CT molecular complexity index is 1420. The number of nitriles is 1. The van der Waals surface area contributed by atoms with Crippen LogP contribution in [0.5, 0.6) is 0 Å². The summed E-state index contributed by atoms with van der Waals surface area (Å²) in [6, 6.07) is 12.7. The maximum absolute atomic E-state index is 13.0. The largest absolute Gasteiger partial charge is 0.417 e. The van der Waals surface area contributed by atoms with Crippen LogP contribution in [0.3, 0.4) is 0 Å². The molecule has 0 radical (unpaired) electrons. The summed E-state index contributed by atoms with van der Waals surface area (Å²) in [6.07, 6.45) is -2.07. The lowest BCUT2D eigenvalue weighted by Crippen LogP contribution is -2.24. The quantitative estimate of drug-likeness (QED) is 0.461. The molecular weight excluding hydrogens is 449 g/mol. The normalized spacial score (nSPS) is 12.4. The van der Waals surface area contributed by atoms with Gasteiger partial charge in [-0.25, -0.2) is 4.98 Å². The van der Waals surface area contributed by atoms with E-state index in [-0.39, 0.29) is 10.1 Å². The molecule has 0 fully saturated rings. The maximum atomic E-state index is 13.0. The van der Waals surface area contributed by atoms with Gasteiger partial charge in [0.25, 0.3) is 5.56 Å². The fraction of sp³-hybridized carbons (Fsp3) is 0.143. The van der Waals surface area contributed by atoms with E-state index in [2.05, 4.69) is 16.2 Å². The third-order valence-corrected chi connectivity index (χ3v) is 5.83. The van der Waals surface area contributed by atoms with Crippen LogP contribution in [0.15, 0.2) is 47.3 Å². The Morgan fingerprint density at radius 3 is 2.55 bits per heavy atom. The molecule has 0 bridgehead atoms. The van der Waals surface area contributed by atoms with Crippen LogP contribution in [0, 0.1) is 11.3 Å². The predicted molar refractivity (Wildman–Crippen MR) is 111 cm³/mol. The Balaban J connectivity index is 1.59. The molecule has 0 aliphatic carbocycles. The number of alkyl halides is 3. The van der Waals surface area contributed by atoms with Gasteiger partial charge in [-0.1, -0.05) is 41.1 Å². The first-order valence-corrected chi connectivity index (χ1v) is 10.2. The number of nitrogens with zero attached hydrogens (tertiary/aromatic N) is 4. The molecule has 2 heterocycles. The summed E-state index contributed by atoms with van der Waals surface area (Å²) in [4.78, 5) is 17.3. The van der Waals surface area contributed by atoms with Crippen molar-refractivity contribution in [2.45, 2.75) is 19.0 Å². The van der Waals surface area contributed by atoms with E-state index in [1.807, 2.05) is 12.1 Å². The highest BCUT2D eigenvalue weighted by molar-refractivity contribution is 7.15. The van der Waals surface area contributed by atoms with Crippen molar-refractivity contribution in [2.75, 3.05) is 0 Å². The van der Waals surface area contributed by atoms with Gasteiger partial charge in [-0.05, 0) is 47.9 Å². The van der Waals surface area contributed by atoms with Crippen LogP contribution in [-0.4, -0.2) is 14.6 Å². The second kappa shape index (κ2) is 8.13. The van der Waals surface area contributed by atoms with Gasteiger partial charge in [0.1, 0.15) is 0 Å². The molecule has 0 saturated heterocycles. The SMILES string of the molecule is N#Cc1ccc(CCc2nc3s/c(=C\c4ccc(Cl)c(C(F)(F)F)c4)c(=O)n3n2)cc1. The molecule has 0 spiro atoms. The number of benzene rings is 2. The van der Waals surface area contributed by atoms with Crippen LogP contribution < -0.4 is 10.1 Å². The van der Waals surface area contributed by atoms with Crippen molar-refractivity contribution in [3.63, 3.8) is 0 Å². The van der Waals surface area contributed by atoms with E-state index in [1.54, 1.807) is 12.1 Å². The minimum atomic E-state index is -4.59. The van der Waals surface area contributed by atoms with E-state index in [0.29, 0.717) is 29.2 Å². The van der Waals surface area contributed by atoms with Crippen LogP contribution in [0.4, 0.5) is 13.2 Å². The molecule has 0 saturated carbocycles. The van der Waals surface area contributed by atoms with Crippen molar-refractivity contribution in [2.24, 2.45) is 0 Å². The first kappa shape index (κ1) is 21.0. The van der Waals surface area contributed by atoms with Crippen LogP contribution in [-0.2, 0) is 19.0 Å². The summed E-state index contributed by atoms with van der Waals surface area (Å²) in [7, 11) is 0. The van der Waals surface area contributed by atoms with Crippen molar-refractivity contribution >= 4 is 34.0 Å². The van der Waals surface area contributed by atoms with Gasteiger partial charge in [-0.15, -0.1) is 5.10 Å². The fourth-order valence-electron chi connectivity index (χ4n) is 2.98. The lowest BCUT2D eigenvalue weighted by Gasteiger charge is -2.09. The first-order chi connectivity index (χ1) is 14.7. The first-order valence-electron chi connectivity index (χ1n) is 9.00. The molecule has 0 N–H and O–H groups in total. The summed E-state index contributed by atoms with van der Waals surface area (Å²) in [6.45, 7) is 0. The van der Waals surface area contributed by atoms with Crippen molar-refractivity contribution in [3.8, 4) is 6.07 Å².